The second-order valence-electron chi connectivity index (χ2n) is 9.29. The van der Waals surface area contributed by atoms with Gasteiger partial charge in [0.15, 0.2) is 0 Å². The standard InChI is InChI=1S/C24H49N7O5/c1-3-16(2)20(28)23(34)30-18(11-5-8-14-26)21(32)29-17(10-4-7-13-25)22(33)31-19(24(35)36)12-6-9-15-27/h16-20H,3-15,25-28H2,1-2H3,(H,29,32)(H,30,34)(H,31,33)(H,35,36). The summed E-state index contributed by atoms with van der Waals surface area (Å²) < 4.78 is 0. The van der Waals surface area contributed by atoms with Crippen molar-refractivity contribution < 1.29 is 24.3 Å². The Kier molecular flexibility index (Phi) is 18.6. The smallest absolute Gasteiger partial charge is 0.326 e. The molecule has 0 aromatic rings. The number of unbranched alkanes of at least 4 members (excludes halogenated alkanes) is 3. The van der Waals surface area contributed by atoms with Crippen LogP contribution in [0.25, 0.3) is 0 Å². The van der Waals surface area contributed by atoms with Gasteiger partial charge in [0.25, 0.3) is 0 Å². The molecule has 0 saturated heterocycles. The van der Waals surface area contributed by atoms with Crippen molar-refractivity contribution in [3.8, 4) is 0 Å². The first-order valence-corrected chi connectivity index (χ1v) is 13.1. The summed E-state index contributed by atoms with van der Waals surface area (Å²) in [5, 5.41) is 17.5. The van der Waals surface area contributed by atoms with Gasteiger partial charge < -0.3 is 44.0 Å². The van der Waals surface area contributed by atoms with Gasteiger partial charge in [0, 0.05) is 0 Å². The number of rotatable bonds is 21. The topological polar surface area (TPSA) is 229 Å². The third kappa shape index (κ3) is 13.7. The number of carboxylic acids is 1. The minimum Gasteiger partial charge on any atom is -0.480 e. The van der Waals surface area contributed by atoms with Crippen LogP contribution in [0.2, 0.25) is 0 Å². The highest BCUT2D eigenvalue weighted by Crippen LogP contribution is 2.09. The lowest BCUT2D eigenvalue weighted by atomic mass is 9.98. The van der Waals surface area contributed by atoms with E-state index in [4.69, 9.17) is 22.9 Å². The Morgan fingerprint density at radius 2 is 1.03 bits per heavy atom. The van der Waals surface area contributed by atoms with Gasteiger partial charge in [0.2, 0.25) is 17.7 Å². The fourth-order valence-corrected chi connectivity index (χ4v) is 3.60. The molecule has 0 aliphatic carbocycles. The SMILES string of the molecule is CCC(C)C(N)C(=O)NC(CCCCN)C(=O)NC(CCCCN)C(=O)NC(CCCCN)C(=O)O. The van der Waals surface area contributed by atoms with E-state index in [1.54, 1.807) is 0 Å². The average Bonchev–Trinajstić information content (AvgIpc) is 2.85. The van der Waals surface area contributed by atoms with E-state index in [0.29, 0.717) is 71.0 Å². The first-order chi connectivity index (χ1) is 17.1. The molecule has 0 rings (SSSR count). The Balaban J connectivity index is 5.51. The summed E-state index contributed by atoms with van der Waals surface area (Å²) in [7, 11) is 0. The fourth-order valence-electron chi connectivity index (χ4n) is 3.60. The van der Waals surface area contributed by atoms with Gasteiger partial charge in [0.05, 0.1) is 6.04 Å². The van der Waals surface area contributed by atoms with Crippen molar-refractivity contribution in [3.63, 3.8) is 0 Å². The molecule has 0 aromatic carbocycles. The molecule has 12 N–H and O–H groups in total. The van der Waals surface area contributed by atoms with Crippen LogP contribution < -0.4 is 38.9 Å². The summed E-state index contributed by atoms with van der Waals surface area (Å²) in [6.07, 6.45) is 5.19. The summed E-state index contributed by atoms with van der Waals surface area (Å²) in [5.74, 6) is -2.78. The van der Waals surface area contributed by atoms with Crippen LogP contribution in [-0.4, -0.2) is 72.6 Å². The summed E-state index contributed by atoms with van der Waals surface area (Å²) in [6, 6.07) is -3.74. The number of aliphatic carboxylic acids is 1. The number of nitrogens with one attached hydrogen (secondary N) is 3. The van der Waals surface area contributed by atoms with E-state index >= 15 is 0 Å². The Labute approximate surface area is 215 Å². The van der Waals surface area contributed by atoms with E-state index in [0.717, 1.165) is 0 Å². The van der Waals surface area contributed by atoms with Gasteiger partial charge in [0.1, 0.15) is 18.1 Å². The molecule has 210 valence electrons. The number of nitrogens with two attached hydrogens (primary N) is 4. The Morgan fingerprint density at radius 3 is 1.39 bits per heavy atom. The molecule has 0 radical (unpaired) electrons. The molecular formula is C24H49N7O5. The summed E-state index contributed by atoms with van der Waals surface area (Å²) in [6.45, 7) is 5.08. The molecule has 5 unspecified atom stereocenters. The van der Waals surface area contributed by atoms with E-state index in [2.05, 4.69) is 16.0 Å². The summed E-state index contributed by atoms with van der Waals surface area (Å²) in [4.78, 5) is 50.5. The quantitative estimate of drug-likeness (QED) is 0.0901. The van der Waals surface area contributed by atoms with Crippen molar-refractivity contribution in [1.82, 2.24) is 16.0 Å². The predicted octanol–water partition coefficient (Wildman–Crippen LogP) is -0.714. The van der Waals surface area contributed by atoms with Crippen LogP contribution in [0.4, 0.5) is 0 Å². The van der Waals surface area contributed by atoms with Crippen LogP contribution in [0.3, 0.4) is 0 Å². The van der Waals surface area contributed by atoms with Crippen LogP contribution in [0.1, 0.15) is 78.1 Å². The molecule has 12 nitrogen and oxygen atoms in total. The number of amides is 3. The molecule has 0 aromatic heterocycles. The molecule has 0 saturated carbocycles. The lowest BCUT2D eigenvalue weighted by molar-refractivity contribution is -0.142. The van der Waals surface area contributed by atoms with Crippen LogP contribution in [0, 0.1) is 5.92 Å². The van der Waals surface area contributed by atoms with Crippen LogP contribution in [-0.2, 0) is 19.2 Å². The van der Waals surface area contributed by atoms with E-state index in [1.807, 2.05) is 13.8 Å². The second kappa shape index (κ2) is 19.9. The number of hydrogen-bond acceptors (Lipinski definition) is 8. The van der Waals surface area contributed by atoms with Gasteiger partial charge in [-0.05, 0) is 83.3 Å². The van der Waals surface area contributed by atoms with Crippen molar-refractivity contribution in [2.45, 2.75) is 102 Å². The first-order valence-electron chi connectivity index (χ1n) is 13.1. The lowest BCUT2D eigenvalue weighted by Gasteiger charge is -2.26. The van der Waals surface area contributed by atoms with Gasteiger partial charge in [-0.2, -0.15) is 0 Å². The van der Waals surface area contributed by atoms with Crippen molar-refractivity contribution in [2.24, 2.45) is 28.9 Å². The van der Waals surface area contributed by atoms with Crippen LogP contribution in [0.15, 0.2) is 0 Å². The maximum atomic E-state index is 13.2. The highest BCUT2D eigenvalue weighted by atomic mass is 16.4. The molecule has 0 spiro atoms. The zero-order valence-electron chi connectivity index (χ0n) is 22.0. The molecule has 36 heavy (non-hydrogen) atoms. The first kappa shape index (κ1) is 33.7. The lowest BCUT2D eigenvalue weighted by Crippen LogP contribution is -2.57. The molecule has 12 heteroatoms. The maximum absolute atomic E-state index is 13.2. The van der Waals surface area contributed by atoms with Crippen molar-refractivity contribution in [1.29, 1.82) is 0 Å². The fraction of sp³-hybridized carbons (Fsp3) is 0.833. The molecule has 0 fully saturated rings. The van der Waals surface area contributed by atoms with E-state index in [-0.39, 0.29) is 18.8 Å². The zero-order chi connectivity index (χ0) is 27.5. The second-order valence-corrected chi connectivity index (χ2v) is 9.29. The summed E-state index contributed by atoms with van der Waals surface area (Å²) >= 11 is 0. The Hall–Kier alpha value is -2.28. The average molecular weight is 516 g/mol. The van der Waals surface area contributed by atoms with E-state index < -0.39 is 47.9 Å². The molecule has 0 aliphatic heterocycles. The number of carbonyl (C=O) groups excluding carboxylic acids is 3. The highest BCUT2D eigenvalue weighted by molar-refractivity contribution is 5.94. The van der Waals surface area contributed by atoms with E-state index in [9.17, 15) is 24.3 Å². The largest absolute Gasteiger partial charge is 0.480 e. The molecule has 5 atom stereocenters. The Morgan fingerprint density at radius 1 is 0.667 bits per heavy atom. The van der Waals surface area contributed by atoms with Gasteiger partial charge in [-0.3, -0.25) is 14.4 Å². The third-order valence-corrected chi connectivity index (χ3v) is 6.28. The van der Waals surface area contributed by atoms with Crippen LogP contribution in [0.5, 0.6) is 0 Å². The molecule has 3 amide bonds. The minimum atomic E-state index is -1.15. The van der Waals surface area contributed by atoms with Gasteiger partial charge in [-0.15, -0.1) is 0 Å². The van der Waals surface area contributed by atoms with Gasteiger partial charge >= 0.3 is 5.97 Å². The number of carboxylic acid groups (broad SMARTS) is 1. The van der Waals surface area contributed by atoms with Crippen molar-refractivity contribution >= 4 is 23.7 Å². The van der Waals surface area contributed by atoms with Crippen molar-refractivity contribution in [2.75, 3.05) is 19.6 Å². The molecule has 0 bridgehead atoms. The normalized spacial score (nSPS) is 15.3. The number of carbonyl (C=O) groups is 4. The molecule has 0 heterocycles. The maximum Gasteiger partial charge on any atom is 0.326 e. The highest BCUT2D eigenvalue weighted by Gasteiger charge is 2.30. The third-order valence-electron chi connectivity index (χ3n) is 6.28. The zero-order valence-corrected chi connectivity index (χ0v) is 22.0. The minimum absolute atomic E-state index is 0.0697. The summed E-state index contributed by atoms with van der Waals surface area (Å²) in [5.41, 5.74) is 22.7. The Bertz CT molecular complexity index is 665. The van der Waals surface area contributed by atoms with Gasteiger partial charge in [-0.1, -0.05) is 20.3 Å². The number of hydrogen-bond donors (Lipinski definition) is 8. The molecular weight excluding hydrogens is 466 g/mol. The monoisotopic (exact) mass is 515 g/mol. The molecule has 0 aliphatic rings. The van der Waals surface area contributed by atoms with E-state index in [1.165, 1.54) is 0 Å². The predicted molar refractivity (Wildman–Crippen MR) is 140 cm³/mol. The van der Waals surface area contributed by atoms with Gasteiger partial charge in [-0.25, -0.2) is 4.79 Å². The van der Waals surface area contributed by atoms with Crippen LogP contribution >= 0.6 is 0 Å². The van der Waals surface area contributed by atoms with Crippen molar-refractivity contribution in [3.05, 3.63) is 0 Å².